The van der Waals surface area contributed by atoms with E-state index < -0.39 is 23.7 Å². The van der Waals surface area contributed by atoms with Gasteiger partial charge < -0.3 is 19.5 Å². The fraction of sp³-hybridized carbons (Fsp3) is 0.500. The lowest BCUT2D eigenvalue weighted by molar-refractivity contribution is -0.146. The Morgan fingerprint density at radius 3 is 2.42 bits per heavy atom. The molecule has 0 saturated carbocycles. The molecule has 0 aliphatic carbocycles. The number of hydrogen-bond donors (Lipinski definition) is 1. The molecule has 6 heteroatoms. The van der Waals surface area contributed by atoms with Crippen molar-refractivity contribution in [3.63, 3.8) is 0 Å². The van der Waals surface area contributed by atoms with Gasteiger partial charge >= 0.3 is 12.1 Å². The van der Waals surface area contributed by atoms with Crippen molar-refractivity contribution >= 4 is 12.1 Å². The van der Waals surface area contributed by atoms with Crippen LogP contribution >= 0.6 is 0 Å². The van der Waals surface area contributed by atoms with Crippen LogP contribution in [0.15, 0.2) is 24.3 Å². The van der Waals surface area contributed by atoms with Gasteiger partial charge in [0.05, 0.1) is 6.61 Å². The highest BCUT2D eigenvalue weighted by Crippen LogP contribution is 2.14. The second-order valence-corrected chi connectivity index (χ2v) is 6.71. The number of terminal acetylenes is 1. The normalized spacial score (nSPS) is 11.8. The minimum atomic E-state index is -0.839. The van der Waals surface area contributed by atoms with Crippen molar-refractivity contribution < 1.29 is 23.8 Å². The number of carbonyl (C=O) groups is 2. The molecule has 0 bridgehead atoms. The minimum Gasteiger partial charge on any atom is -0.481 e. The lowest BCUT2D eigenvalue weighted by Crippen LogP contribution is -2.45. The number of hydrogen-bond acceptors (Lipinski definition) is 5. The highest BCUT2D eigenvalue weighted by Gasteiger charge is 2.25. The molecule has 1 rings (SSSR count). The maximum Gasteiger partial charge on any atom is 0.408 e. The molecule has 142 valence electrons. The zero-order valence-electron chi connectivity index (χ0n) is 15.8. The maximum atomic E-state index is 12.3. The number of nitrogens with one attached hydrogen (secondary N) is 1. The summed E-state index contributed by atoms with van der Waals surface area (Å²) >= 11 is 0. The predicted octanol–water partition coefficient (Wildman–Crippen LogP) is 3.09. The van der Waals surface area contributed by atoms with E-state index in [4.69, 9.17) is 20.6 Å². The van der Waals surface area contributed by atoms with Crippen molar-refractivity contribution in [3.05, 3.63) is 29.8 Å². The third-order valence-corrected chi connectivity index (χ3v) is 3.11. The van der Waals surface area contributed by atoms with E-state index in [0.29, 0.717) is 18.8 Å². The topological polar surface area (TPSA) is 73.9 Å². The van der Waals surface area contributed by atoms with Crippen LogP contribution in [-0.4, -0.2) is 36.9 Å². The van der Waals surface area contributed by atoms with Gasteiger partial charge in [-0.2, -0.15) is 0 Å². The number of carbonyl (C=O) groups excluding carboxylic acids is 2. The Hall–Kier alpha value is -2.68. The number of alkyl carbamates (subject to hydrolysis) is 1. The number of ether oxygens (including phenoxy) is 3. The lowest BCUT2D eigenvalue weighted by atomic mass is 10.1. The largest absolute Gasteiger partial charge is 0.481 e. The van der Waals surface area contributed by atoms with E-state index in [9.17, 15) is 9.59 Å². The average Bonchev–Trinajstić information content (AvgIpc) is 2.56. The molecule has 0 unspecified atom stereocenters. The summed E-state index contributed by atoms with van der Waals surface area (Å²) in [5, 5.41) is 2.59. The van der Waals surface area contributed by atoms with Crippen molar-refractivity contribution in [2.75, 3.05) is 13.2 Å². The second kappa shape index (κ2) is 10.3. The Kier molecular flexibility index (Phi) is 8.50. The van der Waals surface area contributed by atoms with E-state index in [2.05, 4.69) is 11.2 Å². The van der Waals surface area contributed by atoms with Gasteiger partial charge in [-0.1, -0.05) is 25.0 Å². The smallest absolute Gasteiger partial charge is 0.408 e. The van der Waals surface area contributed by atoms with Crippen molar-refractivity contribution in [2.45, 2.75) is 52.2 Å². The molecule has 1 N–H and O–H groups in total. The van der Waals surface area contributed by atoms with Gasteiger partial charge in [-0.25, -0.2) is 9.59 Å². The van der Waals surface area contributed by atoms with E-state index >= 15 is 0 Å². The first-order valence-corrected chi connectivity index (χ1v) is 8.56. The van der Waals surface area contributed by atoms with Crippen LogP contribution in [-0.2, 0) is 20.7 Å². The molecular formula is C20H27NO5. The second-order valence-electron chi connectivity index (χ2n) is 6.71. The Morgan fingerprint density at radius 1 is 1.23 bits per heavy atom. The lowest BCUT2D eigenvalue weighted by Gasteiger charge is -2.23. The third-order valence-electron chi connectivity index (χ3n) is 3.11. The standard InChI is InChI=1S/C20H27NO5/c1-6-12-24-16-10-8-15(9-11-16)14-17(18(22)25-13-7-2)21-19(23)26-20(3,4)5/h1,8-11,17H,7,12-14H2,2-5H3,(H,21,23)/t17-/m0/s1. The minimum absolute atomic E-state index is 0.186. The first-order chi connectivity index (χ1) is 12.2. The van der Waals surface area contributed by atoms with Crippen molar-refractivity contribution in [1.82, 2.24) is 5.32 Å². The van der Waals surface area contributed by atoms with Crippen LogP contribution in [0.2, 0.25) is 0 Å². The van der Waals surface area contributed by atoms with Gasteiger partial charge in [0.25, 0.3) is 0 Å². The van der Waals surface area contributed by atoms with Crippen LogP contribution in [0.4, 0.5) is 4.79 Å². The summed E-state index contributed by atoms with van der Waals surface area (Å²) in [6, 6.07) is 6.29. The fourth-order valence-corrected chi connectivity index (χ4v) is 2.03. The molecule has 0 fully saturated rings. The van der Waals surface area contributed by atoms with Crippen LogP contribution in [0.5, 0.6) is 5.75 Å². The van der Waals surface area contributed by atoms with Gasteiger partial charge in [0.15, 0.2) is 0 Å². The van der Waals surface area contributed by atoms with E-state index in [-0.39, 0.29) is 13.0 Å². The monoisotopic (exact) mass is 361 g/mol. The summed E-state index contributed by atoms with van der Waals surface area (Å²) in [5.74, 6) is 2.53. The van der Waals surface area contributed by atoms with Gasteiger partial charge in [0.2, 0.25) is 0 Å². The molecule has 0 aromatic heterocycles. The molecule has 0 radical (unpaired) electrons. The molecule has 1 aromatic rings. The average molecular weight is 361 g/mol. The van der Waals surface area contributed by atoms with Gasteiger partial charge in [0.1, 0.15) is 24.0 Å². The summed E-state index contributed by atoms with van der Waals surface area (Å²) in [5.41, 5.74) is 0.186. The van der Waals surface area contributed by atoms with Gasteiger partial charge in [-0.15, -0.1) is 6.42 Å². The predicted molar refractivity (Wildman–Crippen MR) is 98.9 cm³/mol. The zero-order chi connectivity index (χ0) is 19.6. The summed E-state index contributed by atoms with van der Waals surface area (Å²) in [6.45, 7) is 7.65. The molecule has 0 heterocycles. The first kappa shape index (κ1) is 21.4. The molecule has 26 heavy (non-hydrogen) atoms. The Morgan fingerprint density at radius 2 is 1.88 bits per heavy atom. The molecule has 0 spiro atoms. The quantitative estimate of drug-likeness (QED) is 0.569. The Bertz CT molecular complexity index is 625. The first-order valence-electron chi connectivity index (χ1n) is 8.56. The molecular weight excluding hydrogens is 334 g/mol. The van der Waals surface area contributed by atoms with Crippen molar-refractivity contribution in [3.8, 4) is 18.1 Å². The molecule has 0 aliphatic rings. The Balaban J connectivity index is 2.79. The molecule has 1 amide bonds. The molecule has 0 saturated heterocycles. The van der Waals surface area contributed by atoms with Crippen molar-refractivity contribution in [1.29, 1.82) is 0 Å². The summed E-state index contributed by atoms with van der Waals surface area (Å²) in [6.07, 6.45) is 5.47. The van der Waals surface area contributed by atoms with E-state index in [1.165, 1.54) is 0 Å². The van der Waals surface area contributed by atoms with Crippen LogP contribution < -0.4 is 10.1 Å². The maximum absolute atomic E-state index is 12.3. The molecule has 6 nitrogen and oxygen atoms in total. The molecule has 0 aliphatic heterocycles. The van der Waals surface area contributed by atoms with Gasteiger partial charge in [0, 0.05) is 6.42 Å². The summed E-state index contributed by atoms with van der Waals surface area (Å²) in [7, 11) is 0. The van der Waals surface area contributed by atoms with Crippen LogP contribution in [0.1, 0.15) is 39.7 Å². The summed E-state index contributed by atoms with van der Waals surface area (Å²) < 4.78 is 15.7. The SMILES string of the molecule is C#CCOc1ccc(C[C@H](NC(=O)OC(C)(C)C)C(=O)OCCC)cc1. The zero-order valence-corrected chi connectivity index (χ0v) is 15.8. The summed E-state index contributed by atoms with van der Waals surface area (Å²) in [4.78, 5) is 24.3. The van der Waals surface area contributed by atoms with Gasteiger partial charge in [-0.05, 0) is 44.9 Å². The number of rotatable bonds is 8. The third kappa shape index (κ3) is 8.43. The van der Waals surface area contributed by atoms with E-state index in [1.54, 1.807) is 32.9 Å². The van der Waals surface area contributed by atoms with E-state index in [0.717, 1.165) is 5.56 Å². The van der Waals surface area contributed by atoms with Crippen LogP contribution in [0, 0.1) is 12.3 Å². The van der Waals surface area contributed by atoms with Gasteiger partial charge in [-0.3, -0.25) is 0 Å². The van der Waals surface area contributed by atoms with E-state index in [1.807, 2.05) is 19.1 Å². The Labute approximate surface area is 155 Å². The van der Waals surface area contributed by atoms with Crippen LogP contribution in [0.25, 0.3) is 0 Å². The number of benzene rings is 1. The molecule has 1 aromatic carbocycles. The van der Waals surface area contributed by atoms with Crippen LogP contribution in [0.3, 0.4) is 0 Å². The molecule has 1 atom stereocenters. The highest BCUT2D eigenvalue weighted by molar-refractivity contribution is 5.81. The fourth-order valence-electron chi connectivity index (χ4n) is 2.03. The van der Waals surface area contributed by atoms with Crippen molar-refractivity contribution in [2.24, 2.45) is 0 Å². The highest BCUT2D eigenvalue weighted by atomic mass is 16.6. The number of esters is 1. The number of amides is 1.